The zero-order valence-electron chi connectivity index (χ0n) is 16.5. The lowest BCUT2D eigenvalue weighted by Gasteiger charge is -2.38. The SMILES string of the molecule is COc1cccc2sc(N3CC(OC(=O)CCCS(=O)(=O)c4ccccc4)C3)nc12. The summed E-state index contributed by atoms with van der Waals surface area (Å²) in [6.07, 6.45) is 0.127. The van der Waals surface area contributed by atoms with Crippen molar-refractivity contribution in [3.63, 3.8) is 0 Å². The number of hydrogen-bond acceptors (Lipinski definition) is 8. The minimum atomic E-state index is -3.37. The molecule has 1 aliphatic rings. The van der Waals surface area contributed by atoms with E-state index < -0.39 is 9.84 Å². The van der Waals surface area contributed by atoms with E-state index >= 15 is 0 Å². The third kappa shape index (κ3) is 4.41. The number of aromatic nitrogens is 1. The van der Waals surface area contributed by atoms with E-state index in [4.69, 9.17) is 9.47 Å². The van der Waals surface area contributed by atoms with Crippen molar-refractivity contribution in [1.29, 1.82) is 0 Å². The van der Waals surface area contributed by atoms with Crippen LogP contribution in [-0.2, 0) is 19.4 Å². The van der Waals surface area contributed by atoms with Crippen LogP contribution in [0.5, 0.6) is 5.75 Å². The van der Waals surface area contributed by atoms with E-state index in [0.29, 0.717) is 13.1 Å². The Morgan fingerprint density at radius 1 is 1.17 bits per heavy atom. The molecule has 2 heterocycles. The van der Waals surface area contributed by atoms with Crippen molar-refractivity contribution in [2.24, 2.45) is 0 Å². The maximum Gasteiger partial charge on any atom is 0.306 e. The Balaban J connectivity index is 1.24. The Hall–Kier alpha value is -2.65. The summed E-state index contributed by atoms with van der Waals surface area (Å²) >= 11 is 1.57. The van der Waals surface area contributed by atoms with Crippen LogP contribution in [0.3, 0.4) is 0 Å². The summed E-state index contributed by atoms with van der Waals surface area (Å²) < 4.78 is 36.3. The molecule has 7 nitrogen and oxygen atoms in total. The van der Waals surface area contributed by atoms with E-state index in [-0.39, 0.29) is 35.6 Å². The summed E-state index contributed by atoms with van der Waals surface area (Å²) in [5, 5.41) is 0.871. The molecule has 0 saturated carbocycles. The molecule has 0 atom stereocenters. The molecule has 0 radical (unpaired) electrons. The maximum absolute atomic E-state index is 12.2. The van der Waals surface area contributed by atoms with Crippen molar-refractivity contribution >= 4 is 42.5 Å². The van der Waals surface area contributed by atoms with Gasteiger partial charge in [-0.2, -0.15) is 0 Å². The van der Waals surface area contributed by atoms with Gasteiger partial charge >= 0.3 is 5.97 Å². The molecule has 1 aromatic heterocycles. The van der Waals surface area contributed by atoms with Crippen molar-refractivity contribution in [2.75, 3.05) is 30.9 Å². The predicted molar refractivity (Wildman–Crippen MR) is 116 cm³/mol. The van der Waals surface area contributed by atoms with E-state index in [1.807, 2.05) is 18.2 Å². The van der Waals surface area contributed by atoms with Gasteiger partial charge in [0.05, 0.1) is 35.5 Å². The number of ether oxygens (including phenoxy) is 2. The number of thiazole rings is 1. The highest BCUT2D eigenvalue weighted by Crippen LogP contribution is 2.35. The highest BCUT2D eigenvalue weighted by Gasteiger charge is 2.32. The smallest absolute Gasteiger partial charge is 0.306 e. The van der Waals surface area contributed by atoms with Gasteiger partial charge in [0.1, 0.15) is 17.4 Å². The first-order chi connectivity index (χ1) is 14.5. The van der Waals surface area contributed by atoms with Crippen molar-refractivity contribution < 1.29 is 22.7 Å². The first-order valence-electron chi connectivity index (χ1n) is 9.62. The van der Waals surface area contributed by atoms with E-state index in [2.05, 4.69) is 9.88 Å². The molecule has 0 N–H and O–H groups in total. The largest absolute Gasteiger partial charge is 0.494 e. The molecular weight excluding hydrogens is 424 g/mol. The van der Waals surface area contributed by atoms with Crippen LogP contribution < -0.4 is 9.64 Å². The topological polar surface area (TPSA) is 85.8 Å². The number of methoxy groups -OCH3 is 1. The van der Waals surface area contributed by atoms with Gasteiger partial charge < -0.3 is 14.4 Å². The van der Waals surface area contributed by atoms with Gasteiger partial charge in [-0.05, 0) is 30.7 Å². The lowest BCUT2D eigenvalue weighted by Crippen LogP contribution is -2.53. The minimum absolute atomic E-state index is 0.0730. The van der Waals surface area contributed by atoms with Crippen LogP contribution in [0.1, 0.15) is 12.8 Å². The molecule has 3 aromatic rings. The van der Waals surface area contributed by atoms with Gasteiger partial charge in [-0.25, -0.2) is 13.4 Å². The lowest BCUT2D eigenvalue weighted by atomic mass is 10.2. The standard InChI is InChI=1S/C21H22N2O5S2/c1-27-17-9-5-10-18-20(17)22-21(29-18)23-13-15(14-23)28-19(24)11-6-12-30(25,26)16-7-3-2-4-8-16/h2-5,7-10,15H,6,11-14H2,1H3. The number of rotatable bonds is 8. The molecular formula is C21H22N2O5S2. The fourth-order valence-electron chi connectivity index (χ4n) is 3.28. The van der Waals surface area contributed by atoms with Crippen molar-refractivity contribution in [1.82, 2.24) is 4.98 Å². The highest BCUT2D eigenvalue weighted by molar-refractivity contribution is 7.91. The summed E-state index contributed by atoms with van der Waals surface area (Å²) in [6, 6.07) is 14.1. The van der Waals surface area contributed by atoms with Crippen molar-refractivity contribution in [3.8, 4) is 5.75 Å². The number of para-hydroxylation sites is 1. The Morgan fingerprint density at radius 3 is 2.67 bits per heavy atom. The van der Waals surface area contributed by atoms with Gasteiger partial charge in [0.25, 0.3) is 0 Å². The Morgan fingerprint density at radius 2 is 1.93 bits per heavy atom. The van der Waals surface area contributed by atoms with E-state index in [1.54, 1.807) is 48.8 Å². The molecule has 0 unspecified atom stereocenters. The maximum atomic E-state index is 12.2. The third-order valence-electron chi connectivity index (χ3n) is 4.90. The summed E-state index contributed by atoms with van der Waals surface area (Å²) in [6.45, 7) is 1.16. The molecule has 30 heavy (non-hydrogen) atoms. The second kappa shape index (κ2) is 8.61. The number of carbonyl (C=O) groups is 1. The van der Waals surface area contributed by atoms with Gasteiger partial charge in [-0.1, -0.05) is 35.6 Å². The molecule has 0 bridgehead atoms. The fourth-order valence-corrected chi connectivity index (χ4v) is 5.61. The number of fused-ring (bicyclic) bond motifs is 1. The number of esters is 1. The van der Waals surface area contributed by atoms with Crippen molar-refractivity contribution in [2.45, 2.75) is 23.8 Å². The summed E-state index contributed by atoms with van der Waals surface area (Å²) in [4.78, 5) is 19.0. The van der Waals surface area contributed by atoms with Crippen molar-refractivity contribution in [3.05, 3.63) is 48.5 Å². The van der Waals surface area contributed by atoms with Gasteiger partial charge in [-0.3, -0.25) is 4.79 Å². The molecule has 2 aromatic carbocycles. The van der Waals surface area contributed by atoms with Gasteiger partial charge in [0.15, 0.2) is 15.0 Å². The second-order valence-electron chi connectivity index (χ2n) is 7.06. The van der Waals surface area contributed by atoms with E-state index in [1.165, 1.54) is 0 Å². The van der Waals surface area contributed by atoms with Crippen LogP contribution in [0.15, 0.2) is 53.4 Å². The van der Waals surface area contributed by atoms with Crippen LogP contribution in [0.2, 0.25) is 0 Å². The van der Waals surface area contributed by atoms with Crippen LogP contribution in [-0.4, -0.2) is 51.4 Å². The Kier molecular flexibility index (Phi) is 5.92. The average molecular weight is 447 g/mol. The number of nitrogens with zero attached hydrogens (tertiary/aromatic N) is 2. The van der Waals surface area contributed by atoms with E-state index in [9.17, 15) is 13.2 Å². The molecule has 0 amide bonds. The first-order valence-corrected chi connectivity index (χ1v) is 12.1. The first kappa shape index (κ1) is 20.6. The number of sulfone groups is 1. The number of benzene rings is 2. The van der Waals surface area contributed by atoms with Crippen LogP contribution in [0, 0.1) is 0 Å². The quantitative estimate of drug-likeness (QED) is 0.491. The number of hydrogen-bond donors (Lipinski definition) is 0. The third-order valence-corrected chi connectivity index (χ3v) is 7.80. The van der Waals surface area contributed by atoms with E-state index in [0.717, 1.165) is 21.1 Å². The zero-order valence-corrected chi connectivity index (χ0v) is 18.1. The zero-order chi connectivity index (χ0) is 21.1. The molecule has 1 fully saturated rings. The highest BCUT2D eigenvalue weighted by atomic mass is 32.2. The van der Waals surface area contributed by atoms with Gasteiger partial charge in [0, 0.05) is 6.42 Å². The summed E-state index contributed by atoms with van der Waals surface area (Å²) in [5.41, 5.74) is 0.833. The van der Waals surface area contributed by atoms with Crippen LogP contribution >= 0.6 is 11.3 Å². The monoisotopic (exact) mass is 446 g/mol. The average Bonchev–Trinajstić information content (AvgIpc) is 3.14. The molecule has 1 saturated heterocycles. The summed E-state index contributed by atoms with van der Waals surface area (Å²) in [5.74, 6) is 0.300. The fraction of sp³-hybridized carbons (Fsp3) is 0.333. The van der Waals surface area contributed by atoms with Gasteiger partial charge in [-0.15, -0.1) is 0 Å². The molecule has 0 aliphatic carbocycles. The van der Waals surface area contributed by atoms with Gasteiger partial charge in [0.2, 0.25) is 0 Å². The summed E-state index contributed by atoms with van der Waals surface area (Å²) in [7, 11) is -1.75. The molecule has 0 spiro atoms. The Bertz CT molecular complexity index is 1140. The lowest BCUT2D eigenvalue weighted by molar-refractivity contribution is -0.150. The van der Waals surface area contributed by atoms with Crippen LogP contribution in [0.4, 0.5) is 5.13 Å². The molecule has 158 valence electrons. The normalized spacial score (nSPS) is 14.5. The molecule has 1 aliphatic heterocycles. The molecule has 4 rings (SSSR count). The second-order valence-corrected chi connectivity index (χ2v) is 10.2. The van der Waals surface area contributed by atoms with Crippen LogP contribution in [0.25, 0.3) is 10.2 Å². The number of anilines is 1. The Labute approximate surface area is 179 Å². The molecule has 9 heteroatoms. The minimum Gasteiger partial charge on any atom is -0.494 e. The predicted octanol–water partition coefficient (Wildman–Crippen LogP) is 3.29. The number of carbonyl (C=O) groups excluding carboxylic acids is 1.